The molecule has 2 nitrogen and oxygen atoms in total. The van der Waals surface area contributed by atoms with Crippen LogP contribution in [0.4, 0.5) is 11.4 Å². The molecule has 0 aliphatic carbocycles. The summed E-state index contributed by atoms with van der Waals surface area (Å²) in [5.74, 6) is 0. The third kappa shape index (κ3) is 2.25. The zero-order chi connectivity index (χ0) is 11.4. The van der Waals surface area contributed by atoms with Crippen molar-refractivity contribution in [3.8, 4) is 0 Å². The van der Waals surface area contributed by atoms with E-state index >= 15 is 0 Å². The van der Waals surface area contributed by atoms with Crippen LogP contribution in [0.2, 0.25) is 0 Å². The molecule has 0 atom stereocenters. The highest BCUT2D eigenvalue weighted by Crippen LogP contribution is 2.29. The number of anilines is 2. The Bertz CT molecular complexity index is 343. The molecule has 2 heteroatoms. The maximum Gasteiger partial charge on any atom is 0.0399 e. The number of rotatable bonds is 4. The van der Waals surface area contributed by atoms with Gasteiger partial charge in [0, 0.05) is 11.4 Å². The normalized spacial score (nSPS) is 10.6. The molecule has 0 aliphatic rings. The van der Waals surface area contributed by atoms with Crippen LogP contribution in [-0.4, -0.2) is 0 Å². The first-order valence-corrected chi connectivity index (χ1v) is 5.84. The average Bonchev–Trinajstić information content (AvgIpc) is 2.23. The highest BCUT2D eigenvalue weighted by atomic mass is 14.6. The van der Waals surface area contributed by atoms with Crippen LogP contribution in [0.15, 0.2) is 6.07 Å². The molecule has 0 amide bonds. The summed E-state index contributed by atoms with van der Waals surface area (Å²) in [6.45, 7) is 6.42. The minimum atomic E-state index is 0.900. The van der Waals surface area contributed by atoms with E-state index in [2.05, 4.69) is 26.8 Å². The first-order valence-electron chi connectivity index (χ1n) is 5.84. The van der Waals surface area contributed by atoms with Crippen molar-refractivity contribution in [3.05, 3.63) is 22.8 Å². The summed E-state index contributed by atoms with van der Waals surface area (Å²) in [4.78, 5) is 0. The molecule has 0 aliphatic heterocycles. The summed E-state index contributed by atoms with van der Waals surface area (Å²) < 4.78 is 0. The van der Waals surface area contributed by atoms with Crippen LogP contribution >= 0.6 is 0 Å². The van der Waals surface area contributed by atoms with Gasteiger partial charge in [0.2, 0.25) is 0 Å². The standard InChI is InChI=1S/C13H22N2/c1-4-7-10-8-9(5-2)12(14)11(6-3)13(10)15/h8H,4-7,14-15H2,1-3H3. The molecule has 0 saturated carbocycles. The van der Waals surface area contributed by atoms with Crippen LogP contribution < -0.4 is 11.5 Å². The van der Waals surface area contributed by atoms with Crippen LogP contribution in [0.5, 0.6) is 0 Å². The molecule has 1 aromatic rings. The molecule has 0 bridgehead atoms. The fourth-order valence-corrected chi connectivity index (χ4v) is 2.05. The van der Waals surface area contributed by atoms with Crippen molar-refractivity contribution in [2.45, 2.75) is 46.5 Å². The van der Waals surface area contributed by atoms with Gasteiger partial charge in [-0.3, -0.25) is 0 Å². The van der Waals surface area contributed by atoms with Crippen molar-refractivity contribution >= 4 is 11.4 Å². The van der Waals surface area contributed by atoms with Gasteiger partial charge in [-0.15, -0.1) is 0 Å². The molecule has 84 valence electrons. The highest BCUT2D eigenvalue weighted by molar-refractivity contribution is 5.69. The van der Waals surface area contributed by atoms with Crippen molar-refractivity contribution in [1.82, 2.24) is 0 Å². The van der Waals surface area contributed by atoms with E-state index in [1.54, 1.807) is 0 Å². The molecule has 0 heterocycles. The Morgan fingerprint density at radius 1 is 0.933 bits per heavy atom. The maximum atomic E-state index is 6.12. The Morgan fingerprint density at radius 2 is 1.53 bits per heavy atom. The summed E-state index contributed by atoms with van der Waals surface area (Å²) >= 11 is 0. The molecule has 1 aromatic carbocycles. The number of hydrogen-bond acceptors (Lipinski definition) is 2. The number of hydrogen-bond donors (Lipinski definition) is 2. The fourth-order valence-electron chi connectivity index (χ4n) is 2.05. The topological polar surface area (TPSA) is 52.0 Å². The quantitative estimate of drug-likeness (QED) is 0.744. The minimum absolute atomic E-state index is 0.900. The molecule has 0 radical (unpaired) electrons. The number of nitrogen functional groups attached to an aromatic ring is 2. The van der Waals surface area contributed by atoms with Crippen LogP contribution in [0.1, 0.15) is 43.9 Å². The van der Waals surface area contributed by atoms with Gasteiger partial charge in [0.25, 0.3) is 0 Å². The van der Waals surface area contributed by atoms with Crippen molar-refractivity contribution in [2.24, 2.45) is 0 Å². The molecule has 15 heavy (non-hydrogen) atoms. The molecule has 0 unspecified atom stereocenters. The third-order valence-electron chi connectivity index (χ3n) is 2.94. The van der Waals surface area contributed by atoms with Gasteiger partial charge in [0.05, 0.1) is 0 Å². The lowest BCUT2D eigenvalue weighted by Gasteiger charge is -2.16. The Labute approximate surface area is 92.7 Å². The monoisotopic (exact) mass is 206 g/mol. The van der Waals surface area contributed by atoms with Gasteiger partial charge in [-0.05, 0) is 36.0 Å². The van der Waals surface area contributed by atoms with Crippen LogP contribution in [-0.2, 0) is 19.3 Å². The summed E-state index contributed by atoms with van der Waals surface area (Å²) in [5.41, 5.74) is 17.7. The van der Waals surface area contributed by atoms with Gasteiger partial charge in [0.1, 0.15) is 0 Å². The lowest BCUT2D eigenvalue weighted by molar-refractivity contribution is 0.915. The van der Waals surface area contributed by atoms with Gasteiger partial charge < -0.3 is 11.5 Å². The Balaban J connectivity index is 3.30. The van der Waals surface area contributed by atoms with Crippen molar-refractivity contribution in [1.29, 1.82) is 0 Å². The zero-order valence-corrected chi connectivity index (χ0v) is 10.1. The number of nitrogens with two attached hydrogens (primary N) is 2. The molecule has 0 spiro atoms. The predicted octanol–water partition coefficient (Wildman–Crippen LogP) is 2.93. The first-order chi connectivity index (χ1) is 7.15. The predicted molar refractivity (Wildman–Crippen MR) is 68.0 cm³/mol. The van der Waals surface area contributed by atoms with Gasteiger partial charge in [0.15, 0.2) is 0 Å². The molecular weight excluding hydrogens is 184 g/mol. The second-order valence-corrected chi connectivity index (χ2v) is 3.96. The van der Waals surface area contributed by atoms with E-state index in [9.17, 15) is 0 Å². The highest BCUT2D eigenvalue weighted by Gasteiger charge is 2.11. The summed E-state index contributed by atoms with van der Waals surface area (Å²) in [5, 5.41) is 0. The molecule has 0 saturated heterocycles. The van der Waals surface area contributed by atoms with Crippen LogP contribution in [0.3, 0.4) is 0 Å². The van der Waals surface area contributed by atoms with E-state index in [0.29, 0.717) is 0 Å². The fraction of sp³-hybridized carbons (Fsp3) is 0.538. The third-order valence-corrected chi connectivity index (χ3v) is 2.94. The van der Waals surface area contributed by atoms with E-state index < -0.39 is 0 Å². The number of aryl methyl sites for hydroxylation is 2. The van der Waals surface area contributed by atoms with Crippen molar-refractivity contribution in [3.63, 3.8) is 0 Å². The van der Waals surface area contributed by atoms with Gasteiger partial charge >= 0.3 is 0 Å². The van der Waals surface area contributed by atoms with Gasteiger partial charge in [-0.2, -0.15) is 0 Å². The number of benzene rings is 1. The lowest BCUT2D eigenvalue weighted by Crippen LogP contribution is -2.06. The lowest BCUT2D eigenvalue weighted by atomic mass is 9.95. The van der Waals surface area contributed by atoms with Crippen LogP contribution in [0, 0.1) is 0 Å². The van der Waals surface area contributed by atoms with Gasteiger partial charge in [-0.1, -0.05) is 33.3 Å². The second-order valence-electron chi connectivity index (χ2n) is 3.96. The molecule has 0 aromatic heterocycles. The van der Waals surface area contributed by atoms with Crippen molar-refractivity contribution < 1.29 is 0 Å². The second kappa shape index (κ2) is 5.06. The smallest absolute Gasteiger partial charge is 0.0399 e. The molecular formula is C13H22N2. The molecule has 0 fully saturated rings. The summed E-state index contributed by atoms with van der Waals surface area (Å²) in [6, 6.07) is 2.17. The van der Waals surface area contributed by atoms with Crippen LogP contribution in [0.25, 0.3) is 0 Å². The Morgan fingerprint density at radius 3 is 2.00 bits per heavy atom. The molecule has 4 N–H and O–H groups in total. The van der Waals surface area contributed by atoms with E-state index in [0.717, 1.165) is 42.6 Å². The Kier molecular flexibility index (Phi) is 4.01. The zero-order valence-electron chi connectivity index (χ0n) is 10.1. The Hall–Kier alpha value is -1.18. The minimum Gasteiger partial charge on any atom is -0.398 e. The summed E-state index contributed by atoms with van der Waals surface area (Å²) in [6.07, 6.45) is 4.07. The van der Waals surface area contributed by atoms with E-state index in [4.69, 9.17) is 11.5 Å². The maximum absolute atomic E-state index is 6.12. The molecule has 1 rings (SSSR count). The first kappa shape index (κ1) is 11.9. The van der Waals surface area contributed by atoms with E-state index in [1.165, 1.54) is 11.1 Å². The summed E-state index contributed by atoms with van der Waals surface area (Å²) in [7, 11) is 0. The largest absolute Gasteiger partial charge is 0.398 e. The SMILES string of the molecule is CCCc1cc(CC)c(N)c(CC)c1N. The van der Waals surface area contributed by atoms with Gasteiger partial charge in [-0.25, -0.2) is 0 Å². The average molecular weight is 206 g/mol. The van der Waals surface area contributed by atoms with Crippen molar-refractivity contribution in [2.75, 3.05) is 11.5 Å². The van der Waals surface area contributed by atoms with E-state index in [-0.39, 0.29) is 0 Å². The van der Waals surface area contributed by atoms with E-state index in [1.807, 2.05) is 0 Å².